The maximum Gasteiger partial charge on any atom is 0.269 e. The molecule has 340 valence electrons. The Labute approximate surface area is 422 Å². The Balaban J connectivity index is 1.08. The second-order valence-electron chi connectivity index (χ2n) is 19.3. The van der Waals surface area contributed by atoms with E-state index in [1.54, 1.807) is 0 Å². The van der Waals surface area contributed by atoms with Crippen LogP contribution >= 0.6 is 0 Å². The lowest BCUT2D eigenvalue weighted by molar-refractivity contribution is -0.570. The van der Waals surface area contributed by atoms with Gasteiger partial charge in [-0.05, 0) is 140 Å². The van der Waals surface area contributed by atoms with E-state index in [-0.39, 0.29) is 22.1 Å². The second-order valence-corrected chi connectivity index (χ2v) is 19.3. The summed E-state index contributed by atoms with van der Waals surface area (Å²) in [7, 11) is 0. The maximum atomic E-state index is 8.86. The minimum Gasteiger partial charge on any atom is -0.458 e. The number of pyridine rings is 1. The molecule has 0 bridgehead atoms. The van der Waals surface area contributed by atoms with Crippen LogP contribution in [0.4, 0.5) is 0 Å². The van der Waals surface area contributed by atoms with Crippen molar-refractivity contribution in [2.75, 3.05) is 0 Å². The molecule has 0 aliphatic carbocycles. The van der Waals surface area contributed by atoms with Crippen LogP contribution in [0.3, 0.4) is 0 Å². The number of rotatable bonds is 6. The first-order valence-electron chi connectivity index (χ1n) is 27.0. The van der Waals surface area contributed by atoms with E-state index in [1.807, 2.05) is 95.7 Å². The number of hydrogen-bond acceptors (Lipinski definition) is 2. The smallest absolute Gasteiger partial charge is 0.269 e. The van der Waals surface area contributed by atoms with Gasteiger partial charge < -0.3 is 4.74 Å². The lowest BCUT2D eigenvalue weighted by atomic mass is 9.84. The van der Waals surface area contributed by atoms with Gasteiger partial charge in [0.15, 0.2) is 0 Å². The summed E-state index contributed by atoms with van der Waals surface area (Å²) in [5.74, 6) is 2.06. The molecule has 1 aliphatic rings. The molecule has 0 fully saturated rings. The lowest BCUT2D eigenvalue weighted by Gasteiger charge is -2.20. The number of benzene rings is 9. The van der Waals surface area contributed by atoms with E-state index in [4.69, 9.17) is 17.9 Å². The molecule has 0 N–H and O–H groups in total. The van der Waals surface area contributed by atoms with Gasteiger partial charge in [-0.25, -0.2) is 4.98 Å². The Kier molecular flexibility index (Phi) is 8.38. The van der Waals surface area contributed by atoms with Crippen LogP contribution in [0.25, 0.3) is 106 Å². The summed E-state index contributed by atoms with van der Waals surface area (Å²) >= 11 is 0. The highest BCUT2D eigenvalue weighted by Crippen LogP contribution is 2.49. The minimum atomic E-state index is -2.65. The number of hydrogen-bond donors (Lipinski definition) is 0. The molecule has 71 heavy (non-hydrogen) atoms. The van der Waals surface area contributed by atoms with E-state index in [1.165, 1.54) is 23.8 Å². The summed E-state index contributed by atoms with van der Waals surface area (Å²) in [5.41, 5.74) is 13.9. The molecule has 13 rings (SSSR count). The SMILES string of the molecule is [2H]C([2H])([2H])c1cccc(C([2H])([2H])[2H])c1-c1ccc2c3c1-c1ccccc1-c1ccccc1-c1cccc(-c4ccccc4)c1-[n+]3[c-]n2-c1cccc(Oc2ccc3c4ccccc4n(-c4cc(C(C)(C)C)ccn4)c3c2)c1. The van der Waals surface area contributed by atoms with Crippen molar-refractivity contribution in [3.05, 3.63) is 235 Å². The largest absolute Gasteiger partial charge is 0.458 e. The first-order valence-corrected chi connectivity index (χ1v) is 24.0. The quantitative estimate of drug-likeness (QED) is 0.123. The van der Waals surface area contributed by atoms with Crippen molar-refractivity contribution in [2.24, 2.45) is 0 Å². The molecule has 12 aromatic rings. The third-order valence-corrected chi connectivity index (χ3v) is 14.0. The zero-order valence-electron chi connectivity index (χ0n) is 45.4. The number of aromatic nitrogens is 4. The highest BCUT2D eigenvalue weighted by Gasteiger charge is 2.29. The molecule has 0 radical (unpaired) electrons. The predicted octanol–water partition coefficient (Wildman–Crippen LogP) is 16.6. The summed E-state index contributed by atoms with van der Waals surface area (Å²) in [6, 6.07) is 68.3. The Morgan fingerprint density at radius 3 is 1.94 bits per heavy atom. The molecule has 0 unspecified atom stereocenters. The first kappa shape index (κ1) is 36.2. The van der Waals surface area contributed by atoms with Crippen LogP contribution in [0.1, 0.15) is 45.7 Å². The van der Waals surface area contributed by atoms with E-state index in [0.717, 1.165) is 83.5 Å². The average molecular weight is 921 g/mol. The molecular formula is C66H50N4O. The van der Waals surface area contributed by atoms with E-state index >= 15 is 0 Å². The second kappa shape index (κ2) is 16.4. The third kappa shape index (κ3) is 6.91. The van der Waals surface area contributed by atoms with Crippen LogP contribution in [0.5, 0.6) is 11.5 Å². The Bertz CT molecular complexity index is 4300. The van der Waals surface area contributed by atoms with Crippen molar-refractivity contribution in [3.8, 4) is 84.3 Å². The Morgan fingerprint density at radius 2 is 1.15 bits per heavy atom. The summed E-state index contributed by atoms with van der Waals surface area (Å²) < 4.78 is 66.4. The molecule has 5 nitrogen and oxygen atoms in total. The molecule has 1 aliphatic heterocycles. The topological polar surface area (TPSA) is 35.9 Å². The molecule has 0 saturated heterocycles. The van der Waals surface area contributed by atoms with Gasteiger partial charge in [-0.1, -0.05) is 172 Å². The van der Waals surface area contributed by atoms with Gasteiger partial charge in [0.2, 0.25) is 0 Å². The van der Waals surface area contributed by atoms with Gasteiger partial charge in [0.05, 0.1) is 33.4 Å². The molecule has 5 heteroatoms. The van der Waals surface area contributed by atoms with Crippen LogP contribution < -0.4 is 9.30 Å². The molecular weight excluding hydrogens is 865 g/mol. The van der Waals surface area contributed by atoms with Crippen molar-refractivity contribution in [1.29, 1.82) is 0 Å². The minimum absolute atomic E-state index is 0.0436. The van der Waals surface area contributed by atoms with E-state index < -0.39 is 13.7 Å². The Morgan fingerprint density at radius 1 is 0.507 bits per heavy atom. The maximum absolute atomic E-state index is 8.86. The fourth-order valence-corrected chi connectivity index (χ4v) is 10.7. The molecule has 0 atom stereocenters. The van der Waals surface area contributed by atoms with Gasteiger partial charge >= 0.3 is 0 Å². The summed E-state index contributed by atoms with van der Waals surface area (Å²) in [6.07, 6.45) is 5.74. The van der Waals surface area contributed by atoms with Gasteiger partial charge in [0.25, 0.3) is 6.33 Å². The van der Waals surface area contributed by atoms with Gasteiger partial charge in [-0.3, -0.25) is 13.7 Å². The highest BCUT2D eigenvalue weighted by atomic mass is 16.5. The van der Waals surface area contributed by atoms with Gasteiger partial charge in [0.1, 0.15) is 17.3 Å². The average Bonchev–Trinajstić information content (AvgIpc) is 4.01. The third-order valence-electron chi connectivity index (χ3n) is 14.0. The van der Waals surface area contributed by atoms with Crippen molar-refractivity contribution >= 4 is 32.8 Å². The highest BCUT2D eigenvalue weighted by molar-refractivity contribution is 6.10. The summed E-state index contributed by atoms with van der Waals surface area (Å²) in [6.45, 7) is 1.32. The lowest BCUT2D eigenvalue weighted by Crippen LogP contribution is -2.32. The number of imidazole rings is 1. The van der Waals surface area contributed by atoms with E-state index in [0.29, 0.717) is 28.1 Å². The number of fused-ring (bicyclic) bond motifs is 10. The van der Waals surface area contributed by atoms with Crippen LogP contribution in [0.2, 0.25) is 0 Å². The fraction of sp³-hybridized carbons (Fsp3) is 0.0909. The zero-order valence-corrected chi connectivity index (χ0v) is 39.4. The van der Waals surface area contributed by atoms with Crippen molar-refractivity contribution in [3.63, 3.8) is 0 Å². The number of aryl methyl sites for hydroxylation is 2. The predicted molar refractivity (Wildman–Crippen MR) is 291 cm³/mol. The van der Waals surface area contributed by atoms with Gasteiger partial charge in [-0.15, -0.1) is 0 Å². The monoisotopic (exact) mass is 920 g/mol. The molecule has 0 spiro atoms. The first-order chi connectivity index (χ1) is 37.1. The van der Waals surface area contributed by atoms with Crippen LogP contribution in [-0.4, -0.2) is 14.1 Å². The van der Waals surface area contributed by atoms with Gasteiger partial charge in [-0.2, -0.15) is 0 Å². The van der Waals surface area contributed by atoms with Crippen LogP contribution in [0.15, 0.2) is 212 Å². The van der Waals surface area contributed by atoms with E-state index in [9.17, 15) is 0 Å². The van der Waals surface area contributed by atoms with Crippen LogP contribution in [-0.2, 0) is 5.41 Å². The summed E-state index contributed by atoms with van der Waals surface area (Å²) in [5, 5.41) is 2.20. The number of ether oxygens (including phenoxy) is 1. The Hall–Kier alpha value is -8.80. The molecule has 9 aromatic carbocycles. The summed E-state index contributed by atoms with van der Waals surface area (Å²) in [4.78, 5) is 4.89. The standard InChI is InChI=1S/C66H50N4O/c1-42-18-15-19-43(2)62(42)57-34-35-59-65-63(57)55-28-12-11-25-51(55)50-24-9-10-26-52(50)56-30-17-29-49(44-20-7-6-8-21-44)64(56)69(65)41-68(59)46-22-16-23-47(39-46)71-48-32-33-54-53-27-13-14-31-58(53)70(60(54)40-48)61-38-45(36-37-67-61)66(3,4)5/h6-40H,1-5H3/i1D3,2D3. The molecule has 0 saturated carbocycles. The van der Waals surface area contributed by atoms with Crippen LogP contribution in [0, 0.1) is 20.0 Å². The van der Waals surface area contributed by atoms with Crippen molar-refractivity contribution < 1.29 is 17.5 Å². The van der Waals surface area contributed by atoms with Gasteiger partial charge in [0, 0.05) is 31.3 Å². The number of para-hydroxylation sites is 2. The molecule has 4 heterocycles. The zero-order chi connectivity index (χ0) is 53.0. The molecule has 0 amide bonds. The fourth-order valence-electron chi connectivity index (χ4n) is 10.7. The van der Waals surface area contributed by atoms with E-state index in [2.05, 4.69) is 139 Å². The van der Waals surface area contributed by atoms with Crippen molar-refractivity contribution in [2.45, 2.75) is 39.9 Å². The normalized spacial score (nSPS) is 13.6. The molecule has 3 aromatic heterocycles. The number of nitrogens with zero attached hydrogens (tertiary/aromatic N) is 4. The van der Waals surface area contributed by atoms with Crippen molar-refractivity contribution in [1.82, 2.24) is 14.1 Å².